The van der Waals surface area contributed by atoms with Gasteiger partial charge in [-0.15, -0.1) is 0 Å². The maximum atomic E-state index is 13.4. The highest BCUT2D eigenvalue weighted by Crippen LogP contribution is 2.20. The third kappa shape index (κ3) is 3.28. The van der Waals surface area contributed by atoms with Crippen LogP contribution in [-0.2, 0) is 6.61 Å². The number of benzene rings is 2. The standard InChI is InChI=1S/C14H12F2N2O/c15-12-5-6-13(16)14(7-12)19-9-11-4-2-1-3-10(11)8-18-17/h1-8H,9,17H2. The Kier molecular flexibility index (Phi) is 4.07. The fraction of sp³-hybridized carbons (Fsp3) is 0.0714. The first kappa shape index (κ1) is 13.0. The van der Waals surface area contributed by atoms with Crippen LogP contribution < -0.4 is 10.6 Å². The summed E-state index contributed by atoms with van der Waals surface area (Å²) in [6, 6.07) is 10.3. The predicted molar refractivity (Wildman–Crippen MR) is 68.9 cm³/mol. The Morgan fingerprint density at radius 2 is 1.95 bits per heavy atom. The van der Waals surface area contributed by atoms with E-state index in [9.17, 15) is 8.78 Å². The van der Waals surface area contributed by atoms with Crippen molar-refractivity contribution < 1.29 is 13.5 Å². The summed E-state index contributed by atoms with van der Waals surface area (Å²) in [6.45, 7) is 0.0998. The van der Waals surface area contributed by atoms with Gasteiger partial charge in [-0.25, -0.2) is 8.78 Å². The Bertz CT molecular complexity index is 600. The van der Waals surface area contributed by atoms with E-state index in [1.54, 1.807) is 12.1 Å². The first-order valence-corrected chi connectivity index (χ1v) is 5.59. The van der Waals surface area contributed by atoms with Gasteiger partial charge in [-0.1, -0.05) is 24.3 Å². The molecule has 2 rings (SSSR count). The van der Waals surface area contributed by atoms with Gasteiger partial charge in [0.1, 0.15) is 12.4 Å². The summed E-state index contributed by atoms with van der Waals surface area (Å²) < 4.78 is 31.6. The van der Waals surface area contributed by atoms with E-state index in [2.05, 4.69) is 5.10 Å². The van der Waals surface area contributed by atoms with Gasteiger partial charge in [0.05, 0.1) is 6.21 Å². The van der Waals surface area contributed by atoms with Gasteiger partial charge in [0, 0.05) is 11.6 Å². The number of rotatable bonds is 4. The second kappa shape index (κ2) is 5.95. The van der Waals surface area contributed by atoms with Gasteiger partial charge in [-0.05, 0) is 17.7 Å². The van der Waals surface area contributed by atoms with Gasteiger partial charge < -0.3 is 10.6 Å². The quantitative estimate of drug-likeness (QED) is 0.523. The van der Waals surface area contributed by atoms with E-state index in [4.69, 9.17) is 10.6 Å². The lowest BCUT2D eigenvalue weighted by atomic mass is 10.1. The molecule has 0 heterocycles. The SMILES string of the molecule is NN=Cc1ccccc1COc1cc(F)ccc1F. The zero-order chi connectivity index (χ0) is 13.7. The van der Waals surface area contributed by atoms with Crippen LogP contribution in [0.4, 0.5) is 8.78 Å². The largest absolute Gasteiger partial charge is 0.486 e. The van der Waals surface area contributed by atoms with E-state index < -0.39 is 11.6 Å². The summed E-state index contributed by atoms with van der Waals surface area (Å²) in [5.41, 5.74) is 1.54. The Morgan fingerprint density at radius 3 is 2.74 bits per heavy atom. The third-order valence-electron chi connectivity index (χ3n) is 2.55. The number of hydrazone groups is 1. The van der Waals surface area contributed by atoms with Gasteiger partial charge in [-0.2, -0.15) is 5.10 Å². The van der Waals surface area contributed by atoms with Crippen molar-refractivity contribution in [1.82, 2.24) is 0 Å². The molecular weight excluding hydrogens is 250 g/mol. The van der Waals surface area contributed by atoms with Crippen molar-refractivity contribution in [2.24, 2.45) is 10.9 Å². The van der Waals surface area contributed by atoms with Crippen LogP contribution in [0.3, 0.4) is 0 Å². The van der Waals surface area contributed by atoms with Crippen LogP contribution in [0, 0.1) is 11.6 Å². The molecule has 0 atom stereocenters. The average molecular weight is 262 g/mol. The monoisotopic (exact) mass is 262 g/mol. The molecule has 0 fully saturated rings. The van der Waals surface area contributed by atoms with Crippen molar-refractivity contribution in [2.45, 2.75) is 6.61 Å². The summed E-state index contributed by atoms with van der Waals surface area (Å²) >= 11 is 0. The highest BCUT2D eigenvalue weighted by atomic mass is 19.1. The van der Waals surface area contributed by atoms with Crippen molar-refractivity contribution in [1.29, 1.82) is 0 Å². The summed E-state index contributed by atoms with van der Waals surface area (Å²) in [5.74, 6) is 3.82. The average Bonchev–Trinajstić information content (AvgIpc) is 2.42. The molecule has 0 aromatic heterocycles. The van der Waals surface area contributed by atoms with Crippen LogP contribution in [0.1, 0.15) is 11.1 Å². The van der Waals surface area contributed by atoms with Crippen LogP contribution in [0.5, 0.6) is 5.75 Å². The van der Waals surface area contributed by atoms with E-state index in [0.29, 0.717) is 0 Å². The molecule has 0 aliphatic heterocycles. The van der Waals surface area contributed by atoms with Gasteiger partial charge in [-0.3, -0.25) is 0 Å². The van der Waals surface area contributed by atoms with Crippen LogP contribution >= 0.6 is 0 Å². The Labute approximate surface area is 109 Å². The minimum Gasteiger partial charge on any atom is -0.486 e. The number of hydrogen-bond donors (Lipinski definition) is 1. The van der Waals surface area contributed by atoms with E-state index in [1.165, 1.54) is 6.21 Å². The zero-order valence-electron chi connectivity index (χ0n) is 10.0. The Hall–Kier alpha value is -2.43. The first-order valence-electron chi connectivity index (χ1n) is 5.59. The molecule has 3 nitrogen and oxygen atoms in total. The molecule has 2 aromatic carbocycles. The van der Waals surface area contributed by atoms with Crippen molar-refractivity contribution >= 4 is 6.21 Å². The molecule has 0 unspecified atom stereocenters. The van der Waals surface area contributed by atoms with Gasteiger partial charge in [0.25, 0.3) is 0 Å². The number of ether oxygens (including phenoxy) is 1. The molecule has 0 radical (unpaired) electrons. The third-order valence-corrected chi connectivity index (χ3v) is 2.55. The molecule has 2 N–H and O–H groups in total. The summed E-state index contributed by atoms with van der Waals surface area (Å²) in [6.07, 6.45) is 1.47. The topological polar surface area (TPSA) is 47.6 Å². The zero-order valence-corrected chi connectivity index (χ0v) is 10.0. The van der Waals surface area contributed by atoms with Crippen LogP contribution in [0.15, 0.2) is 47.6 Å². The fourth-order valence-corrected chi connectivity index (χ4v) is 1.62. The Balaban J connectivity index is 2.16. The molecular formula is C14H12F2N2O. The predicted octanol–water partition coefficient (Wildman–Crippen LogP) is 2.84. The maximum absolute atomic E-state index is 13.4. The number of hydrogen-bond acceptors (Lipinski definition) is 3. The van der Waals surface area contributed by atoms with E-state index in [-0.39, 0.29) is 12.4 Å². The smallest absolute Gasteiger partial charge is 0.165 e. The second-order valence-electron chi connectivity index (χ2n) is 3.84. The van der Waals surface area contributed by atoms with Gasteiger partial charge in [0.2, 0.25) is 0 Å². The summed E-state index contributed by atoms with van der Waals surface area (Å²) in [4.78, 5) is 0. The van der Waals surface area contributed by atoms with E-state index in [1.807, 2.05) is 12.1 Å². The lowest BCUT2D eigenvalue weighted by Crippen LogP contribution is -2.02. The highest BCUT2D eigenvalue weighted by molar-refractivity contribution is 5.81. The molecule has 0 aliphatic rings. The lowest BCUT2D eigenvalue weighted by Gasteiger charge is -2.09. The van der Waals surface area contributed by atoms with E-state index >= 15 is 0 Å². The molecule has 0 aliphatic carbocycles. The Morgan fingerprint density at radius 1 is 1.16 bits per heavy atom. The van der Waals surface area contributed by atoms with Crippen molar-refractivity contribution in [3.63, 3.8) is 0 Å². The molecule has 98 valence electrons. The van der Waals surface area contributed by atoms with Crippen molar-refractivity contribution in [3.8, 4) is 5.75 Å². The number of nitrogens with two attached hydrogens (primary N) is 1. The minimum atomic E-state index is -0.605. The molecule has 2 aromatic rings. The fourth-order valence-electron chi connectivity index (χ4n) is 1.62. The van der Waals surface area contributed by atoms with Crippen molar-refractivity contribution in [2.75, 3.05) is 0 Å². The lowest BCUT2D eigenvalue weighted by molar-refractivity contribution is 0.288. The minimum absolute atomic E-state index is 0.0998. The normalized spacial score (nSPS) is 10.8. The number of halogens is 2. The van der Waals surface area contributed by atoms with E-state index in [0.717, 1.165) is 29.3 Å². The molecule has 0 saturated carbocycles. The van der Waals surface area contributed by atoms with Gasteiger partial charge in [0.15, 0.2) is 11.6 Å². The first-order chi connectivity index (χ1) is 9.20. The highest BCUT2D eigenvalue weighted by Gasteiger charge is 2.06. The molecule has 0 amide bonds. The molecule has 0 spiro atoms. The molecule has 19 heavy (non-hydrogen) atoms. The summed E-state index contributed by atoms with van der Waals surface area (Å²) in [5, 5.41) is 3.44. The van der Waals surface area contributed by atoms with Crippen LogP contribution in [-0.4, -0.2) is 6.21 Å². The van der Waals surface area contributed by atoms with Crippen molar-refractivity contribution in [3.05, 3.63) is 65.2 Å². The second-order valence-corrected chi connectivity index (χ2v) is 3.84. The molecule has 0 saturated heterocycles. The summed E-state index contributed by atoms with van der Waals surface area (Å²) in [7, 11) is 0. The number of nitrogens with zero attached hydrogens (tertiary/aromatic N) is 1. The van der Waals surface area contributed by atoms with Gasteiger partial charge >= 0.3 is 0 Å². The van der Waals surface area contributed by atoms with Crippen LogP contribution in [0.2, 0.25) is 0 Å². The maximum Gasteiger partial charge on any atom is 0.165 e. The molecule has 0 bridgehead atoms. The van der Waals surface area contributed by atoms with Crippen LogP contribution in [0.25, 0.3) is 0 Å². The molecule has 5 heteroatoms.